The van der Waals surface area contributed by atoms with E-state index in [1.807, 2.05) is 19.9 Å². The first kappa shape index (κ1) is 17.4. The van der Waals surface area contributed by atoms with E-state index in [1.54, 1.807) is 17.4 Å². The summed E-state index contributed by atoms with van der Waals surface area (Å²) < 4.78 is 13.4. The normalized spacial score (nSPS) is 13.2. The van der Waals surface area contributed by atoms with Gasteiger partial charge in [0.15, 0.2) is 16.6 Å². The molecule has 0 radical (unpaired) electrons. The molecule has 0 amide bonds. The van der Waals surface area contributed by atoms with Gasteiger partial charge in [-0.1, -0.05) is 17.4 Å². The second-order valence-corrected chi connectivity index (χ2v) is 7.51. The second kappa shape index (κ2) is 6.93. The molecule has 0 unspecified atom stereocenters. The number of nitrogens with one attached hydrogen (secondary N) is 1. The quantitative estimate of drug-likeness (QED) is 0.743. The SMILES string of the molecule is Cc1c(C#N)nnc(N2CCc3nc(Nc4cccc(F)c4)sc3C2)c1C. The Morgan fingerprint density at radius 1 is 1.26 bits per heavy atom. The third kappa shape index (κ3) is 3.34. The molecular formula is C19H17FN6S. The molecule has 0 atom stereocenters. The molecule has 4 rings (SSSR count). The number of anilines is 3. The summed E-state index contributed by atoms with van der Waals surface area (Å²) in [6, 6.07) is 8.42. The van der Waals surface area contributed by atoms with Gasteiger partial charge in [-0.15, -0.1) is 10.2 Å². The van der Waals surface area contributed by atoms with Crippen molar-refractivity contribution in [1.29, 1.82) is 5.26 Å². The van der Waals surface area contributed by atoms with Gasteiger partial charge in [0.05, 0.1) is 12.2 Å². The number of benzene rings is 1. The zero-order chi connectivity index (χ0) is 19.0. The molecule has 1 aromatic carbocycles. The van der Waals surface area contributed by atoms with Crippen molar-refractivity contribution in [3.63, 3.8) is 0 Å². The van der Waals surface area contributed by atoms with Crippen LogP contribution < -0.4 is 10.2 Å². The molecule has 1 N–H and O–H groups in total. The Balaban J connectivity index is 1.57. The van der Waals surface area contributed by atoms with E-state index in [0.717, 1.165) is 45.6 Å². The number of rotatable bonds is 3. The van der Waals surface area contributed by atoms with Gasteiger partial charge in [-0.3, -0.25) is 0 Å². The van der Waals surface area contributed by atoms with Crippen LogP contribution in [0.25, 0.3) is 0 Å². The number of aromatic nitrogens is 3. The molecule has 8 heteroatoms. The third-order valence-electron chi connectivity index (χ3n) is 4.71. The van der Waals surface area contributed by atoms with Gasteiger partial charge < -0.3 is 10.2 Å². The lowest BCUT2D eigenvalue weighted by Crippen LogP contribution is -2.31. The van der Waals surface area contributed by atoms with Crippen molar-refractivity contribution in [3.8, 4) is 6.07 Å². The smallest absolute Gasteiger partial charge is 0.187 e. The number of nitrogens with zero attached hydrogens (tertiary/aromatic N) is 5. The molecule has 0 saturated carbocycles. The van der Waals surface area contributed by atoms with E-state index < -0.39 is 0 Å². The Morgan fingerprint density at radius 3 is 2.89 bits per heavy atom. The van der Waals surface area contributed by atoms with Crippen LogP contribution in [0.5, 0.6) is 0 Å². The van der Waals surface area contributed by atoms with Crippen molar-refractivity contribution in [2.24, 2.45) is 0 Å². The highest BCUT2D eigenvalue weighted by Gasteiger charge is 2.24. The van der Waals surface area contributed by atoms with Gasteiger partial charge in [0.2, 0.25) is 0 Å². The average molecular weight is 380 g/mol. The summed E-state index contributed by atoms with van der Waals surface area (Å²) in [5.41, 5.74) is 3.96. The summed E-state index contributed by atoms with van der Waals surface area (Å²) in [4.78, 5) is 7.98. The molecule has 136 valence electrons. The Kier molecular flexibility index (Phi) is 4.46. The molecule has 0 aliphatic carbocycles. The third-order valence-corrected chi connectivity index (χ3v) is 5.71. The van der Waals surface area contributed by atoms with E-state index in [2.05, 4.69) is 31.5 Å². The molecule has 3 heterocycles. The number of thiazole rings is 1. The minimum Gasteiger partial charge on any atom is -0.349 e. The zero-order valence-electron chi connectivity index (χ0n) is 15.0. The van der Waals surface area contributed by atoms with Gasteiger partial charge in [-0.2, -0.15) is 5.26 Å². The van der Waals surface area contributed by atoms with Gasteiger partial charge in [0.1, 0.15) is 11.9 Å². The van der Waals surface area contributed by atoms with Crippen LogP contribution in [0.15, 0.2) is 24.3 Å². The summed E-state index contributed by atoms with van der Waals surface area (Å²) in [5.74, 6) is 0.530. The summed E-state index contributed by atoms with van der Waals surface area (Å²) in [6.07, 6.45) is 0.802. The van der Waals surface area contributed by atoms with Gasteiger partial charge >= 0.3 is 0 Å². The van der Waals surface area contributed by atoms with Crippen LogP contribution >= 0.6 is 11.3 Å². The summed E-state index contributed by atoms with van der Waals surface area (Å²) in [5, 5.41) is 21.4. The fourth-order valence-corrected chi connectivity index (χ4v) is 4.16. The molecule has 0 saturated heterocycles. The highest BCUT2D eigenvalue weighted by molar-refractivity contribution is 7.15. The number of hydrogen-bond donors (Lipinski definition) is 1. The molecule has 27 heavy (non-hydrogen) atoms. The van der Waals surface area contributed by atoms with E-state index in [-0.39, 0.29) is 5.82 Å². The molecule has 1 aliphatic heterocycles. The van der Waals surface area contributed by atoms with Gasteiger partial charge in [0, 0.05) is 23.5 Å². The number of hydrogen-bond acceptors (Lipinski definition) is 7. The van der Waals surface area contributed by atoms with Crippen LogP contribution in [0.4, 0.5) is 21.0 Å². The molecular weight excluding hydrogens is 363 g/mol. The lowest BCUT2D eigenvalue weighted by atomic mass is 10.1. The van der Waals surface area contributed by atoms with E-state index in [9.17, 15) is 4.39 Å². The Hall–Kier alpha value is -3.05. The maximum Gasteiger partial charge on any atom is 0.187 e. The van der Waals surface area contributed by atoms with Crippen molar-refractivity contribution in [1.82, 2.24) is 15.2 Å². The second-order valence-electron chi connectivity index (χ2n) is 6.43. The lowest BCUT2D eigenvalue weighted by molar-refractivity contribution is 0.628. The van der Waals surface area contributed by atoms with Crippen molar-refractivity contribution < 1.29 is 4.39 Å². The van der Waals surface area contributed by atoms with E-state index >= 15 is 0 Å². The Bertz CT molecular complexity index is 1050. The monoisotopic (exact) mass is 380 g/mol. The number of fused-ring (bicyclic) bond motifs is 1. The minimum atomic E-state index is -0.280. The maximum atomic E-state index is 13.4. The largest absolute Gasteiger partial charge is 0.349 e. The van der Waals surface area contributed by atoms with E-state index in [1.165, 1.54) is 12.1 Å². The molecule has 6 nitrogen and oxygen atoms in total. The van der Waals surface area contributed by atoms with Crippen LogP contribution in [0, 0.1) is 31.0 Å². The number of halogens is 1. The molecule has 1 aliphatic rings. The fraction of sp³-hybridized carbons (Fsp3) is 0.263. The van der Waals surface area contributed by atoms with Crippen molar-refractivity contribution in [2.45, 2.75) is 26.8 Å². The zero-order valence-corrected chi connectivity index (χ0v) is 15.8. The van der Waals surface area contributed by atoms with Crippen LogP contribution in [0.3, 0.4) is 0 Å². The fourth-order valence-electron chi connectivity index (χ4n) is 3.12. The minimum absolute atomic E-state index is 0.280. The summed E-state index contributed by atoms with van der Waals surface area (Å²) in [6.45, 7) is 5.35. The predicted octanol–water partition coefficient (Wildman–Crippen LogP) is 3.87. The van der Waals surface area contributed by atoms with Crippen LogP contribution in [-0.4, -0.2) is 21.7 Å². The van der Waals surface area contributed by atoms with Crippen LogP contribution in [0.1, 0.15) is 27.4 Å². The molecule has 0 bridgehead atoms. The van der Waals surface area contributed by atoms with Gasteiger partial charge in [0.25, 0.3) is 0 Å². The lowest BCUT2D eigenvalue weighted by Gasteiger charge is -2.28. The standard InChI is InChI=1S/C19H17FN6S/c1-11-12(2)18(25-24-16(11)9-21)26-7-6-15-17(10-26)27-19(23-15)22-14-5-3-4-13(20)8-14/h3-5,8H,6-7,10H2,1-2H3,(H,22,23). The maximum absolute atomic E-state index is 13.4. The Labute approximate surface area is 160 Å². The van der Waals surface area contributed by atoms with Crippen LogP contribution in [-0.2, 0) is 13.0 Å². The average Bonchev–Trinajstić information content (AvgIpc) is 3.05. The van der Waals surface area contributed by atoms with E-state index in [0.29, 0.717) is 17.9 Å². The van der Waals surface area contributed by atoms with Crippen molar-refractivity contribution in [3.05, 3.63) is 57.5 Å². The number of nitriles is 1. The predicted molar refractivity (Wildman–Crippen MR) is 103 cm³/mol. The van der Waals surface area contributed by atoms with Gasteiger partial charge in [-0.25, -0.2) is 9.37 Å². The highest BCUT2D eigenvalue weighted by Crippen LogP contribution is 2.33. The first-order valence-corrected chi connectivity index (χ1v) is 9.37. The molecule has 3 aromatic rings. The molecule has 0 spiro atoms. The van der Waals surface area contributed by atoms with E-state index in [4.69, 9.17) is 5.26 Å². The van der Waals surface area contributed by atoms with Crippen molar-refractivity contribution >= 4 is 28.0 Å². The topological polar surface area (TPSA) is 77.7 Å². The first-order chi connectivity index (χ1) is 13.0. The summed E-state index contributed by atoms with van der Waals surface area (Å²) in [7, 11) is 0. The van der Waals surface area contributed by atoms with Gasteiger partial charge in [-0.05, 0) is 43.2 Å². The van der Waals surface area contributed by atoms with Crippen molar-refractivity contribution in [2.75, 3.05) is 16.8 Å². The highest BCUT2D eigenvalue weighted by atomic mass is 32.1. The Morgan fingerprint density at radius 2 is 2.11 bits per heavy atom. The summed E-state index contributed by atoms with van der Waals surface area (Å²) >= 11 is 1.57. The van der Waals surface area contributed by atoms with Crippen LogP contribution in [0.2, 0.25) is 0 Å². The molecule has 0 fully saturated rings. The molecule has 2 aromatic heterocycles. The first-order valence-electron chi connectivity index (χ1n) is 8.55.